The third-order valence-electron chi connectivity index (χ3n) is 5.61. The molecule has 0 fully saturated rings. The van der Waals surface area contributed by atoms with Gasteiger partial charge in [0.05, 0.1) is 11.1 Å². The average Bonchev–Trinajstić information content (AvgIpc) is 3.24. The van der Waals surface area contributed by atoms with Gasteiger partial charge in [0, 0.05) is 16.1 Å². The Hall–Kier alpha value is -3.61. The molecule has 0 amide bonds. The Kier molecular flexibility index (Phi) is 7.07. The number of rotatable bonds is 7. The number of nitrogens with zero attached hydrogens (tertiary/aromatic N) is 1. The Balaban J connectivity index is 1.46. The Morgan fingerprint density at radius 2 is 1.78 bits per heavy atom. The largest absolute Gasteiger partial charge is 0.490 e. The van der Waals surface area contributed by atoms with Crippen LogP contribution in [-0.4, -0.2) is 18.5 Å². The molecule has 0 atom stereocenters. The van der Waals surface area contributed by atoms with Crippen molar-refractivity contribution in [3.05, 3.63) is 111 Å². The van der Waals surface area contributed by atoms with Crippen LogP contribution in [0.1, 0.15) is 23.6 Å². The number of aliphatic imine (C=N–C) groups is 1. The van der Waals surface area contributed by atoms with Gasteiger partial charge in [-0.15, -0.1) is 0 Å². The fourth-order valence-corrected chi connectivity index (χ4v) is 4.70. The Morgan fingerprint density at radius 3 is 2.61 bits per heavy atom. The Bertz CT molecular complexity index is 1520. The molecule has 1 heterocycles. The second-order valence-corrected chi connectivity index (χ2v) is 9.27. The van der Waals surface area contributed by atoms with Crippen molar-refractivity contribution in [2.45, 2.75) is 13.5 Å². The zero-order chi connectivity index (χ0) is 25.1. The summed E-state index contributed by atoms with van der Waals surface area (Å²) in [5.74, 6) is 0.862. The maximum atomic E-state index is 12.7. The fourth-order valence-electron chi connectivity index (χ4n) is 3.93. The number of carbonyl (C=O) groups excluding carboxylic acids is 1. The molecule has 4 aromatic rings. The molecule has 0 aromatic heterocycles. The molecule has 0 saturated carbocycles. The molecule has 1 aliphatic rings. The van der Waals surface area contributed by atoms with Crippen LogP contribution in [0.4, 0.5) is 0 Å². The summed E-state index contributed by atoms with van der Waals surface area (Å²) >= 11 is 9.85. The third kappa shape index (κ3) is 5.01. The quantitative estimate of drug-likeness (QED) is 0.172. The number of carbonyl (C=O) groups is 1. The van der Waals surface area contributed by atoms with Gasteiger partial charge >= 0.3 is 5.97 Å². The van der Waals surface area contributed by atoms with Gasteiger partial charge in [0.1, 0.15) is 6.61 Å². The van der Waals surface area contributed by atoms with Crippen LogP contribution in [0.2, 0.25) is 5.02 Å². The zero-order valence-electron chi connectivity index (χ0n) is 19.3. The highest BCUT2D eigenvalue weighted by molar-refractivity contribution is 9.10. The van der Waals surface area contributed by atoms with E-state index in [-0.39, 0.29) is 18.2 Å². The number of benzene rings is 4. The molecule has 0 radical (unpaired) electrons. The van der Waals surface area contributed by atoms with Crippen LogP contribution in [0.3, 0.4) is 0 Å². The van der Waals surface area contributed by atoms with E-state index in [1.165, 1.54) is 0 Å². The van der Waals surface area contributed by atoms with Crippen LogP contribution in [-0.2, 0) is 16.1 Å². The molecule has 0 N–H and O–H groups in total. The lowest BCUT2D eigenvalue weighted by atomic mass is 10.0. The van der Waals surface area contributed by atoms with Gasteiger partial charge in [0.15, 0.2) is 17.2 Å². The van der Waals surface area contributed by atoms with Crippen LogP contribution in [0, 0.1) is 0 Å². The molecule has 180 valence electrons. The van der Waals surface area contributed by atoms with Gasteiger partial charge in [-0.3, -0.25) is 0 Å². The van der Waals surface area contributed by atoms with E-state index in [1.807, 2.05) is 85.8 Å². The lowest BCUT2D eigenvalue weighted by Crippen LogP contribution is -2.06. The minimum Gasteiger partial charge on any atom is -0.490 e. The molecule has 0 saturated heterocycles. The van der Waals surface area contributed by atoms with Gasteiger partial charge in [-0.1, -0.05) is 66.2 Å². The van der Waals surface area contributed by atoms with Crippen molar-refractivity contribution < 1.29 is 19.0 Å². The first-order chi connectivity index (χ1) is 17.5. The first-order valence-corrected chi connectivity index (χ1v) is 12.5. The van der Waals surface area contributed by atoms with Gasteiger partial charge < -0.3 is 14.2 Å². The Morgan fingerprint density at radius 1 is 1.00 bits per heavy atom. The predicted molar refractivity (Wildman–Crippen MR) is 146 cm³/mol. The van der Waals surface area contributed by atoms with E-state index in [9.17, 15) is 4.79 Å². The number of hydrogen-bond donors (Lipinski definition) is 0. The summed E-state index contributed by atoms with van der Waals surface area (Å²) in [7, 11) is 0. The Labute approximate surface area is 222 Å². The monoisotopic (exact) mass is 561 g/mol. The summed E-state index contributed by atoms with van der Waals surface area (Å²) in [6.45, 7) is 2.62. The summed E-state index contributed by atoms with van der Waals surface area (Å²) in [6.07, 6.45) is 1.67. The van der Waals surface area contributed by atoms with Gasteiger partial charge in [-0.05, 0) is 69.5 Å². The minimum atomic E-state index is -0.508. The summed E-state index contributed by atoms with van der Waals surface area (Å²) in [5.41, 5.74) is 2.55. The van der Waals surface area contributed by atoms with Crippen molar-refractivity contribution in [1.29, 1.82) is 0 Å². The highest BCUT2D eigenvalue weighted by Gasteiger charge is 2.25. The van der Waals surface area contributed by atoms with Crippen molar-refractivity contribution >= 4 is 56.2 Å². The van der Waals surface area contributed by atoms with Crippen molar-refractivity contribution in [2.75, 3.05) is 6.61 Å². The van der Waals surface area contributed by atoms with Gasteiger partial charge in [0.2, 0.25) is 5.90 Å². The van der Waals surface area contributed by atoms with Crippen molar-refractivity contribution in [2.24, 2.45) is 4.99 Å². The molecule has 36 heavy (non-hydrogen) atoms. The lowest BCUT2D eigenvalue weighted by molar-refractivity contribution is -0.129. The second kappa shape index (κ2) is 10.6. The summed E-state index contributed by atoms with van der Waals surface area (Å²) in [6, 6.07) is 24.9. The van der Waals surface area contributed by atoms with Crippen LogP contribution in [0.5, 0.6) is 11.5 Å². The van der Waals surface area contributed by atoms with Crippen molar-refractivity contribution in [1.82, 2.24) is 0 Å². The third-order valence-corrected chi connectivity index (χ3v) is 6.56. The van der Waals surface area contributed by atoms with E-state index >= 15 is 0 Å². The molecule has 5 rings (SSSR count). The number of ether oxygens (including phenoxy) is 3. The number of fused-ring (bicyclic) bond motifs is 1. The first-order valence-electron chi connectivity index (χ1n) is 11.4. The molecule has 0 aliphatic carbocycles. The highest BCUT2D eigenvalue weighted by atomic mass is 79.9. The molecule has 0 spiro atoms. The SMILES string of the molecule is CCOc1cc(C=C2N=C(c3cccc4ccccc34)OC2=O)cc(Br)c1OCc1ccccc1Cl. The van der Waals surface area contributed by atoms with Crippen molar-refractivity contribution in [3.63, 3.8) is 0 Å². The number of cyclic esters (lactones) is 1. The van der Waals surface area contributed by atoms with E-state index in [1.54, 1.807) is 6.08 Å². The molecule has 4 aromatic carbocycles. The second-order valence-electron chi connectivity index (χ2n) is 8.01. The lowest BCUT2D eigenvalue weighted by Gasteiger charge is -2.15. The maximum absolute atomic E-state index is 12.7. The maximum Gasteiger partial charge on any atom is 0.363 e. The van der Waals surface area contributed by atoms with Gasteiger partial charge in [0.25, 0.3) is 0 Å². The van der Waals surface area contributed by atoms with Crippen LogP contribution in [0.25, 0.3) is 16.8 Å². The molecule has 1 aliphatic heterocycles. The number of hydrogen-bond acceptors (Lipinski definition) is 5. The fraction of sp³-hybridized carbons (Fsp3) is 0.103. The van der Waals surface area contributed by atoms with Crippen LogP contribution < -0.4 is 9.47 Å². The summed E-state index contributed by atoms with van der Waals surface area (Å²) in [5, 5.41) is 2.64. The predicted octanol–water partition coefficient (Wildman–Crippen LogP) is 7.58. The highest BCUT2D eigenvalue weighted by Crippen LogP contribution is 2.39. The molecular formula is C29H21BrClNO4. The van der Waals surface area contributed by atoms with Gasteiger partial charge in [-0.2, -0.15) is 0 Å². The topological polar surface area (TPSA) is 57.1 Å². The van der Waals surface area contributed by atoms with E-state index in [0.29, 0.717) is 33.2 Å². The average molecular weight is 563 g/mol. The summed E-state index contributed by atoms with van der Waals surface area (Å²) in [4.78, 5) is 17.2. The van der Waals surface area contributed by atoms with Gasteiger partial charge in [-0.25, -0.2) is 9.79 Å². The minimum absolute atomic E-state index is 0.206. The van der Waals surface area contributed by atoms with E-state index in [0.717, 1.165) is 21.9 Å². The normalized spacial score (nSPS) is 14.1. The van der Waals surface area contributed by atoms with E-state index in [4.69, 9.17) is 25.8 Å². The standard InChI is InChI=1S/C29H21BrClNO4/c1-2-34-26-16-18(14-23(30)27(26)35-17-20-9-4-6-13-24(20)31)15-25-29(33)36-28(32-25)22-12-7-10-19-8-3-5-11-21(19)22/h3-16H,2,17H2,1H3. The van der Waals surface area contributed by atoms with Crippen LogP contribution >= 0.6 is 27.5 Å². The first kappa shape index (κ1) is 24.1. The van der Waals surface area contributed by atoms with Crippen molar-refractivity contribution in [3.8, 4) is 11.5 Å². The number of halogens is 2. The number of esters is 1. The molecule has 5 nitrogen and oxygen atoms in total. The molecule has 0 unspecified atom stereocenters. The summed E-state index contributed by atoms with van der Waals surface area (Å²) < 4.78 is 18.1. The molecular weight excluding hydrogens is 542 g/mol. The van der Waals surface area contributed by atoms with E-state index < -0.39 is 5.97 Å². The molecule has 0 bridgehead atoms. The smallest absolute Gasteiger partial charge is 0.363 e. The zero-order valence-corrected chi connectivity index (χ0v) is 21.7. The van der Waals surface area contributed by atoms with E-state index in [2.05, 4.69) is 20.9 Å². The van der Waals surface area contributed by atoms with Crippen LogP contribution in [0.15, 0.2) is 94.0 Å². The molecule has 7 heteroatoms.